The second-order valence-electron chi connectivity index (χ2n) is 7.03. The Hall–Kier alpha value is -0.780. The minimum Gasteiger partial charge on any atom is -0.0654 e. The lowest BCUT2D eigenvalue weighted by molar-refractivity contribution is 0.252. The summed E-state index contributed by atoms with van der Waals surface area (Å²) in [6.45, 7) is 11.8. The van der Waals surface area contributed by atoms with Gasteiger partial charge in [0.2, 0.25) is 0 Å². The summed E-state index contributed by atoms with van der Waals surface area (Å²) in [6.07, 6.45) is 6.64. The van der Waals surface area contributed by atoms with Crippen LogP contribution in [0.3, 0.4) is 0 Å². The Kier molecular flexibility index (Phi) is 4.38. The molecule has 0 fully saturated rings. The molecule has 0 bridgehead atoms. The molecule has 1 unspecified atom stereocenters. The third-order valence-corrected chi connectivity index (χ3v) is 5.40. The number of unbranched alkanes of at least 4 members (excludes halogenated alkanes) is 1. The van der Waals surface area contributed by atoms with E-state index in [0.29, 0.717) is 11.3 Å². The smallest absolute Gasteiger partial charge is 0.00468 e. The highest BCUT2D eigenvalue weighted by Crippen LogP contribution is 2.45. The van der Waals surface area contributed by atoms with Crippen molar-refractivity contribution >= 4 is 0 Å². The first-order chi connectivity index (χ1) is 8.99. The van der Waals surface area contributed by atoms with Crippen molar-refractivity contribution in [3.63, 3.8) is 0 Å². The van der Waals surface area contributed by atoms with Crippen molar-refractivity contribution in [1.82, 2.24) is 0 Å². The van der Waals surface area contributed by atoms with Gasteiger partial charge in [-0.2, -0.15) is 0 Å². The van der Waals surface area contributed by atoms with E-state index >= 15 is 0 Å². The Bertz CT molecular complexity index is 430. The van der Waals surface area contributed by atoms with Crippen molar-refractivity contribution in [3.05, 3.63) is 34.9 Å². The molecule has 0 N–H and O–H groups in total. The highest BCUT2D eigenvalue weighted by Gasteiger charge is 2.37. The lowest BCUT2D eigenvalue weighted by atomic mass is 9.62. The zero-order valence-corrected chi connectivity index (χ0v) is 13.4. The molecule has 19 heavy (non-hydrogen) atoms. The molecule has 106 valence electrons. The number of benzene rings is 1. The first-order valence-electron chi connectivity index (χ1n) is 8.12. The minimum absolute atomic E-state index is 0.402. The molecule has 0 aromatic heterocycles. The average Bonchev–Trinajstić information content (AvgIpc) is 2.40. The first-order valence-corrected chi connectivity index (χ1v) is 8.12. The van der Waals surface area contributed by atoms with Gasteiger partial charge in [0.15, 0.2) is 0 Å². The third-order valence-electron chi connectivity index (χ3n) is 5.40. The van der Waals surface area contributed by atoms with Crippen molar-refractivity contribution in [3.8, 4) is 0 Å². The van der Waals surface area contributed by atoms with Gasteiger partial charge in [0.05, 0.1) is 0 Å². The number of hydrogen-bond donors (Lipinski definition) is 0. The predicted octanol–water partition coefficient (Wildman–Crippen LogP) is 5.84. The number of hydrogen-bond acceptors (Lipinski definition) is 0. The maximum Gasteiger partial charge on any atom is -0.00468 e. The lowest BCUT2D eigenvalue weighted by Crippen LogP contribution is -2.35. The van der Waals surface area contributed by atoms with Crippen LogP contribution in [0.4, 0.5) is 0 Å². The minimum atomic E-state index is 0.402. The summed E-state index contributed by atoms with van der Waals surface area (Å²) in [5.41, 5.74) is 5.18. The molecule has 0 nitrogen and oxygen atoms in total. The molecule has 0 saturated carbocycles. The van der Waals surface area contributed by atoms with Crippen molar-refractivity contribution < 1.29 is 0 Å². The van der Waals surface area contributed by atoms with Crippen LogP contribution in [0.15, 0.2) is 18.2 Å². The van der Waals surface area contributed by atoms with E-state index in [1.165, 1.54) is 37.7 Å². The Morgan fingerprint density at radius 3 is 2.68 bits per heavy atom. The summed E-state index contributed by atoms with van der Waals surface area (Å²) in [5.74, 6) is 1.46. The van der Waals surface area contributed by atoms with E-state index in [9.17, 15) is 0 Å². The van der Waals surface area contributed by atoms with Crippen molar-refractivity contribution in [2.75, 3.05) is 0 Å². The van der Waals surface area contributed by atoms with Crippen LogP contribution in [-0.2, 0) is 11.8 Å². The van der Waals surface area contributed by atoms with E-state index in [1.54, 1.807) is 11.1 Å². The fourth-order valence-electron chi connectivity index (χ4n) is 3.62. The molecule has 1 aromatic rings. The molecular weight excluding hydrogens is 228 g/mol. The Balaban J connectivity index is 2.39. The molecule has 0 amide bonds. The van der Waals surface area contributed by atoms with Crippen LogP contribution < -0.4 is 0 Å². The van der Waals surface area contributed by atoms with Gasteiger partial charge >= 0.3 is 0 Å². The highest BCUT2D eigenvalue weighted by molar-refractivity contribution is 5.40. The fraction of sp³-hybridized carbons (Fsp3) is 0.684. The van der Waals surface area contributed by atoms with Gasteiger partial charge < -0.3 is 0 Å². The molecule has 0 heterocycles. The Labute approximate surface area is 119 Å². The van der Waals surface area contributed by atoms with E-state index in [0.717, 1.165) is 5.92 Å². The van der Waals surface area contributed by atoms with Crippen LogP contribution in [0.25, 0.3) is 0 Å². The van der Waals surface area contributed by atoms with Gasteiger partial charge in [-0.25, -0.2) is 0 Å². The molecule has 0 heteroatoms. The van der Waals surface area contributed by atoms with E-state index in [1.807, 2.05) is 0 Å². The largest absolute Gasteiger partial charge is 0.0654 e. The van der Waals surface area contributed by atoms with Crippen molar-refractivity contribution in [2.24, 2.45) is 5.92 Å². The van der Waals surface area contributed by atoms with Crippen LogP contribution in [-0.4, -0.2) is 0 Å². The van der Waals surface area contributed by atoms with Crippen LogP contribution >= 0.6 is 0 Å². The monoisotopic (exact) mass is 258 g/mol. The van der Waals surface area contributed by atoms with Gasteiger partial charge in [-0.05, 0) is 53.2 Å². The molecule has 1 aromatic carbocycles. The van der Waals surface area contributed by atoms with E-state index in [-0.39, 0.29) is 0 Å². The summed E-state index contributed by atoms with van der Waals surface area (Å²) in [7, 11) is 0. The van der Waals surface area contributed by atoms with E-state index in [4.69, 9.17) is 0 Å². The van der Waals surface area contributed by atoms with Gasteiger partial charge in [0.25, 0.3) is 0 Å². The fourth-order valence-corrected chi connectivity index (χ4v) is 3.62. The standard InChI is InChI=1S/C19H30/c1-6-7-12-19(5)15(4)8-9-17-13-16(14(2)3)10-11-18(17)19/h10-11,13-15H,6-9,12H2,1-5H3/t15?,19-/m0/s1. The quantitative estimate of drug-likeness (QED) is 0.636. The maximum atomic E-state index is 2.50. The topological polar surface area (TPSA) is 0 Å². The maximum absolute atomic E-state index is 2.50. The second-order valence-corrected chi connectivity index (χ2v) is 7.03. The molecule has 0 spiro atoms. The number of aryl methyl sites for hydroxylation is 1. The lowest BCUT2D eigenvalue weighted by Gasteiger charge is -2.42. The van der Waals surface area contributed by atoms with Crippen molar-refractivity contribution in [2.45, 2.75) is 78.1 Å². The Morgan fingerprint density at radius 2 is 2.05 bits per heavy atom. The molecule has 0 aliphatic heterocycles. The van der Waals surface area contributed by atoms with Crippen LogP contribution in [0.2, 0.25) is 0 Å². The average molecular weight is 258 g/mol. The second kappa shape index (κ2) is 5.69. The predicted molar refractivity (Wildman–Crippen MR) is 84.9 cm³/mol. The van der Waals surface area contributed by atoms with Gasteiger partial charge in [0.1, 0.15) is 0 Å². The zero-order chi connectivity index (χ0) is 14.0. The molecule has 1 aliphatic carbocycles. The molecule has 2 atom stereocenters. The van der Waals surface area contributed by atoms with Crippen LogP contribution in [0, 0.1) is 5.92 Å². The SMILES string of the molecule is CCCC[C@]1(C)c2ccc(C(C)C)cc2CCC1C. The molecule has 0 saturated heterocycles. The van der Waals surface area contributed by atoms with E-state index < -0.39 is 0 Å². The van der Waals surface area contributed by atoms with Crippen LogP contribution in [0.1, 0.15) is 82.9 Å². The first kappa shape index (κ1) is 14.6. The van der Waals surface area contributed by atoms with Gasteiger partial charge in [0, 0.05) is 0 Å². The summed E-state index contributed by atoms with van der Waals surface area (Å²) in [4.78, 5) is 0. The third kappa shape index (κ3) is 2.73. The van der Waals surface area contributed by atoms with Gasteiger partial charge in [-0.3, -0.25) is 0 Å². The number of rotatable bonds is 4. The number of fused-ring (bicyclic) bond motifs is 1. The normalized spacial score (nSPS) is 26.5. The molecular formula is C19H30. The summed E-state index contributed by atoms with van der Waals surface area (Å²) < 4.78 is 0. The van der Waals surface area contributed by atoms with Crippen LogP contribution in [0.5, 0.6) is 0 Å². The van der Waals surface area contributed by atoms with Gasteiger partial charge in [-0.1, -0.05) is 65.7 Å². The molecule has 0 radical (unpaired) electrons. The highest BCUT2D eigenvalue weighted by atomic mass is 14.4. The summed E-state index contributed by atoms with van der Waals surface area (Å²) in [5, 5.41) is 0. The molecule has 2 rings (SSSR count). The molecule has 1 aliphatic rings. The van der Waals surface area contributed by atoms with Gasteiger partial charge in [-0.15, -0.1) is 0 Å². The van der Waals surface area contributed by atoms with Crippen molar-refractivity contribution in [1.29, 1.82) is 0 Å². The summed E-state index contributed by atoms with van der Waals surface area (Å²) >= 11 is 0. The summed E-state index contributed by atoms with van der Waals surface area (Å²) in [6, 6.07) is 7.29. The zero-order valence-electron chi connectivity index (χ0n) is 13.4. The Morgan fingerprint density at radius 1 is 1.32 bits per heavy atom. The van der Waals surface area contributed by atoms with E-state index in [2.05, 4.69) is 52.8 Å².